The maximum atomic E-state index is 12.2. The van der Waals surface area contributed by atoms with Crippen LogP contribution in [0.15, 0.2) is 24.3 Å². The van der Waals surface area contributed by atoms with E-state index in [4.69, 9.17) is 9.84 Å². The number of hydrogen-bond acceptors (Lipinski definition) is 4. The van der Waals surface area contributed by atoms with Gasteiger partial charge in [-0.2, -0.15) is 16.9 Å². The first-order chi connectivity index (χ1) is 11.2. The van der Waals surface area contributed by atoms with Crippen molar-refractivity contribution in [2.75, 3.05) is 12.4 Å². The first-order valence-electron chi connectivity index (χ1n) is 7.85. The van der Waals surface area contributed by atoms with Crippen LogP contribution < -0.4 is 10.1 Å². The summed E-state index contributed by atoms with van der Waals surface area (Å²) in [6.45, 7) is 2.09. The van der Waals surface area contributed by atoms with Crippen LogP contribution in [0, 0.1) is 0 Å². The zero-order chi connectivity index (χ0) is 16.2. The highest BCUT2D eigenvalue weighted by atomic mass is 32.2. The normalized spacial score (nSPS) is 13.0. The molecule has 122 valence electrons. The summed E-state index contributed by atoms with van der Waals surface area (Å²) in [7, 11) is 1.65. The molecular formula is C17H21N3O2S. The third-order valence-electron chi connectivity index (χ3n) is 3.88. The third kappa shape index (κ3) is 3.37. The smallest absolute Gasteiger partial charge is 0.225 e. The molecular weight excluding hydrogens is 310 g/mol. The van der Waals surface area contributed by atoms with Gasteiger partial charge < -0.3 is 10.1 Å². The summed E-state index contributed by atoms with van der Waals surface area (Å²) >= 11 is 1.83. The Bertz CT molecular complexity index is 695. The summed E-state index contributed by atoms with van der Waals surface area (Å²) in [5.41, 5.74) is 3.14. The van der Waals surface area contributed by atoms with Gasteiger partial charge in [0.15, 0.2) is 0 Å². The van der Waals surface area contributed by atoms with E-state index in [1.165, 1.54) is 0 Å². The lowest BCUT2D eigenvalue weighted by Gasteiger charge is -2.11. The van der Waals surface area contributed by atoms with Crippen molar-refractivity contribution in [1.82, 2.24) is 9.78 Å². The number of carbonyl (C=O) groups is 1. The number of aromatic nitrogens is 2. The summed E-state index contributed by atoms with van der Waals surface area (Å²) in [6.07, 6.45) is 2.46. The Labute approximate surface area is 140 Å². The average Bonchev–Trinajstić information content (AvgIpc) is 3.16. The fourth-order valence-corrected chi connectivity index (χ4v) is 3.62. The molecule has 0 unspecified atom stereocenters. The van der Waals surface area contributed by atoms with Crippen LogP contribution in [0.1, 0.15) is 37.4 Å². The Morgan fingerprint density at radius 3 is 2.83 bits per heavy atom. The third-order valence-corrected chi connectivity index (χ3v) is 4.85. The van der Waals surface area contributed by atoms with E-state index in [0.717, 1.165) is 52.9 Å². The van der Waals surface area contributed by atoms with Crippen LogP contribution in [0.5, 0.6) is 5.75 Å². The zero-order valence-corrected chi connectivity index (χ0v) is 14.3. The van der Waals surface area contributed by atoms with Gasteiger partial charge >= 0.3 is 0 Å². The van der Waals surface area contributed by atoms with E-state index in [1.807, 2.05) is 40.7 Å². The summed E-state index contributed by atoms with van der Waals surface area (Å²) < 4.78 is 7.04. The molecule has 1 aliphatic heterocycles. The molecule has 2 heterocycles. The number of nitrogens with one attached hydrogen (secondary N) is 1. The number of amides is 1. The van der Waals surface area contributed by atoms with Gasteiger partial charge in [0.1, 0.15) is 11.6 Å². The molecule has 23 heavy (non-hydrogen) atoms. The highest BCUT2D eigenvalue weighted by molar-refractivity contribution is 7.98. The van der Waals surface area contributed by atoms with Crippen molar-refractivity contribution in [3.05, 3.63) is 35.5 Å². The van der Waals surface area contributed by atoms with E-state index >= 15 is 0 Å². The number of nitrogens with zero attached hydrogens (tertiary/aromatic N) is 2. The van der Waals surface area contributed by atoms with Gasteiger partial charge in [-0.05, 0) is 30.7 Å². The topological polar surface area (TPSA) is 56.2 Å². The molecule has 1 amide bonds. The molecule has 0 saturated carbocycles. The lowest BCUT2D eigenvalue weighted by atomic mass is 10.2. The number of methoxy groups -OCH3 is 1. The highest BCUT2D eigenvalue weighted by Crippen LogP contribution is 2.36. The molecule has 0 fully saturated rings. The molecule has 2 aromatic rings. The van der Waals surface area contributed by atoms with Crippen molar-refractivity contribution in [2.45, 2.75) is 37.7 Å². The van der Waals surface area contributed by atoms with Gasteiger partial charge in [0.25, 0.3) is 0 Å². The second-order valence-electron chi connectivity index (χ2n) is 5.53. The quantitative estimate of drug-likeness (QED) is 0.876. The van der Waals surface area contributed by atoms with Gasteiger partial charge in [-0.15, -0.1) is 0 Å². The number of anilines is 1. The lowest BCUT2D eigenvalue weighted by molar-refractivity contribution is -0.116. The van der Waals surface area contributed by atoms with Gasteiger partial charge in [-0.1, -0.05) is 13.3 Å². The number of ether oxygens (including phenoxy) is 1. The van der Waals surface area contributed by atoms with Crippen LogP contribution in [0.4, 0.5) is 5.82 Å². The minimum Gasteiger partial charge on any atom is -0.497 e. The van der Waals surface area contributed by atoms with E-state index in [-0.39, 0.29) is 5.91 Å². The van der Waals surface area contributed by atoms with Crippen LogP contribution in [0.2, 0.25) is 0 Å². The van der Waals surface area contributed by atoms with Crippen LogP contribution in [-0.2, 0) is 16.3 Å². The monoisotopic (exact) mass is 331 g/mol. The second-order valence-corrected chi connectivity index (χ2v) is 6.51. The molecule has 0 radical (unpaired) electrons. The van der Waals surface area contributed by atoms with E-state index < -0.39 is 0 Å². The average molecular weight is 331 g/mol. The fraction of sp³-hybridized carbons (Fsp3) is 0.412. The number of benzene rings is 1. The molecule has 1 N–H and O–H groups in total. The molecule has 1 aromatic heterocycles. The Hall–Kier alpha value is -1.95. The fourth-order valence-electron chi connectivity index (χ4n) is 2.58. The van der Waals surface area contributed by atoms with E-state index in [2.05, 4.69) is 12.2 Å². The largest absolute Gasteiger partial charge is 0.497 e. The van der Waals surface area contributed by atoms with E-state index in [9.17, 15) is 4.79 Å². The Balaban J connectivity index is 1.91. The van der Waals surface area contributed by atoms with Crippen molar-refractivity contribution < 1.29 is 9.53 Å². The number of fused-ring (bicyclic) bond motifs is 1. The van der Waals surface area contributed by atoms with E-state index in [1.54, 1.807) is 7.11 Å². The first kappa shape index (κ1) is 15.9. The zero-order valence-electron chi connectivity index (χ0n) is 13.5. The van der Waals surface area contributed by atoms with Gasteiger partial charge in [0.05, 0.1) is 18.5 Å². The number of thioether (sulfide) groups is 1. The summed E-state index contributed by atoms with van der Waals surface area (Å²) in [6, 6.07) is 7.71. The highest BCUT2D eigenvalue weighted by Gasteiger charge is 2.24. The molecule has 5 nitrogen and oxygen atoms in total. The van der Waals surface area contributed by atoms with Crippen molar-refractivity contribution in [2.24, 2.45) is 0 Å². The Kier molecular flexibility index (Phi) is 4.91. The molecule has 0 bridgehead atoms. The summed E-state index contributed by atoms with van der Waals surface area (Å²) in [5.74, 6) is 3.47. The van der Waals surface area contributed by atoms with Crippen LogP contribution >= 0.6 is 11.8 Å². The molecule has 0 saturated heterocycles. The lowest BCUT2D eigenvalue weighted by Crippen LogP contribution is -2.15. The number of unbranched alkanes of at least 4 members (excludes halogenated alkanes) is 1. The van der Waals surface area contributed by atoms with Crippen molar-refractivity contribution >= 4 is 23.5 Å². The standard InChI is InChI=1S/C17H21N3O2S/c1-3-4-5-16(21)18-17-14-10-23-11-15(14)19-20(17)12-6-8-13(22-2)9-7-12/h6-9H,3-5,10-11H2,1-2H3,(H,18,21). The summed E-state index contributed by atoms with van der Waals surface area (Å²) in [4.78, 5) is 12.2. The van der Waals surface area contributed by atoms with Gasteiger partial charge in [-0.3, -0.25) is 4.79 Å². The number of hydrogen-bond donors (Lipinski definition) is 1. The van der Waals surface area contributed by atoms with Crippen LogP contribution in [0.3, 0.4) is 0 Å². The SMILES string of the molecule is CCCCC(=O)Nc1c2c(nn1-c1ccc(OC)cc1)CSC2. The Morgan fingerprint density at radius 1 is 1.35 bits per heavy atom. The van der Waals surface area contributed by atoms with Crippen molar-refractivity contribution in [3.63, 3.8) is 0 Å². The van der Waals surface area contributed by atoms with Gasteiger partial charge in [0, 0.05) is 23.5 Å². The molecule has 3 rings (SSSR count). The van der Waals surface area contributed by atoms with Gasteiger partial charge in [0.2, 0.25) is 5.91 Å². The predicted molar refractivity (Wildman–Crippen MR) is 93.3 cm³/mol. The minimum atomic E-state index is 0.0567. The van der Waals surface area contributed by atoms with E-state index in [0.29, 0.717) is 6.42 Å². The van der Waals surface area contributed by atoms with Gasteiger partial charge in [-0.25, -0.2) is 4.68 Å². The minimum absolute atomic E-state index is 0.0567. The van der Waals surface area contributed by atoms with Crippen molar-refractivity contribution in [3.8, 4) is 11.4 Å². The molecule has 0 spiro atoms. The summed E-state index contributed by atoms with van der Waals surface area (Å²) in [5, 5.41) is 7.76. The molecule has 1 aromatic carbocycles. The van der Waals surface area contributed by atoms with Crippen molar-refractivity contribution in [1.29, 1.82) is 0 Å². The molecule has 6 heteroatoms. The molecule has 0 aliphatic carbocycles. The maximum Gasteiger partial charge on any atom is 0.225 e. The Morgan fingerprint density at radius 2 is 2.13 bits per heavy atom. The predicted octanol–water partition coefficient (Wildman–Crippen LogP) is 3.76. The molecule has 0 atom stereocenters. The number of rotatable bonds is 6. The van der Waals surface area contributed by atoms with Crippen LogP contribution in [-0.4, -0.2) is 22.8 Å². The molecule has 1 aliphatic rings. The first-order valence-corrected chi connectivity index (χ1v) is 9.01. The number of carbonyl (C=O) groups excluding carboxylic acids is 1. The van der Waals surface area contributed by atoms with Crippen LogP contribution in [0.25, 0.3) is 5.69 Å². The maximum absolute atomic E-state index is 12.2. The second kappa shape index (κ2) is 7.08.